The number of benzene rings is 3. The lowest BCUT2D eigenvalue weighted by molar-refractivity contribution is -0.199. The van der Waals surface area contributed by atoms with Crippen molar-refractivity contribution in [2.45, 2.75) is 38.0 Å². The van der Waals surface area contributed by atoms with Gasteiger partial charge in [0.15, 0.2) is 0 Å². The van der Waals surface area contributed by atoms with Crippen LogP contribution in [0.3, 0.4) is 0 Å². The molecule has 0 spiro atoms. The molecule has 4 rings (SSSR count). The molecule has 0 saturated carbocycles. The number of rotatable bonds is 12. The highest BCUT2D eigenvalue weighted by Gasteiger charge is 2.36. The van der Waals surface area contributed by atoms with Crippen LogP contribution in [0.25, 0.3) is 0 Å². The van der Waals surface area contributed by atoms with E-state index < -0.39 is 48.3 Å². The van der Waals surface area contributed by atoms with Crippen molar-refractivity contribution >= 4 is 29.8 Å². The second-order valence-corrected chi connectivity index (χ2v) is 9.50. The largest absolute Gasteiger partial charge is 0.497 e. The Bertz CT molecular complexity index is 1380. The van der Waals surface area contributed by atoms with Gasteiger partial charge in [-0.25, -0.2) is 9.59 Å². The van der Waals surface area contributed by atoms with Crippen LogP contribution in [0, 0.1) is 0 Å². The average molecular weight is 590 g/mol. The normalized spacial score (nSPS) is 13.3. The molecule has 12 heteroatoms. The Morgan fingerprint density at radius 1 is 0.767 bits per heavy atom. The molecule has 43 heavy (non-hydrogen) atoms. The molecule has 0 radical (unpaired) electrons. The number of amides is 4. The number of alkyl carbamates (subject to hydrolysis) is 1. The van der Waals surface area contributed by atoms with E-state index in [1.165, 1.54) is 14.2 Å². The van der Waals surface area contributed by atoms with Crippen LogP contribution in [0.15, 0.2) is 78.9 Å². The number of ether oxygens (including phenoxy) is 3. The van der Waals surface area contributed by atoms with Crippen molar-refractivity contribution < 1.29 is 43.0 Å². The quantitative estimate of drug-likeness (QED) is 0.304. The van der Waals surface area contributed by atoms with E-state index in [2.05, 4.69) is 10.6 Å². The summed E-state index contributed by atoms with van der Waals surface area (Å²) in [6.07, 6.45) is -1.82. The zero-order valence-electron chi connectivity index (χ0n) is 23.6. The van der Waals surface area contributed by atoms with E-state index in [1.807, 2.05) is 0 Å². The summed E-state index contributed by atoms with van der Waals surface area (Å²) in [4.78, 5) is 68.1. The molecule has 1 aliphatic heterocycles. The van der Waals surface area contributed by atoms with E-state index in [0.717, 1.165) is 0 Å². The average Bonchev–Trinajstić information content (AvgIpc) is 3.35. The highest BCUT2D eigenvalue weighted by atomic mass is 16.7. The molecule has 1 aliphatic rings. The van der Waals surface area contributed by atoms with Crippen LogP contribution in [0.1, 0.15) is 42.0 Å². The van der Waals surface area contributed by atoms with Gasteiger partial charge in [0.1, 0.15) is 24.1 Å². The molecule has 0 unspecified atom stereocenters. The second kappa shape index (κ2) is 14.5. The van der Waals surface area contributed by atoms with E-state index >= 15 is 0 Å². The zero-order chi connectivity index (χ0) is 30.8. The van der Waals surface area contributed by atoms with E-state index in [-0.39, 0.29) is 19.4 Å². The van der Waals surface area contributed by atoms with Crippen LogP contribution in [0.2, 0.25) is 0 Å². The Kier molecular flexibility index (Phi) is 10.3. The first-order valence-electron chi connectivity index (χ1n) is 13.4. The first-order chi connectivity index (χ1) is 20.8. The number of hydrogen-bond acceptors (Lipinski definition) is 9. The molecule has 1 heterocycles. The highest BCUT2D eigenvalue weighted by Crippen LogP contribution is 2.26. The fourth-order valence-electron chi connectivity index (χ4n) is 4.27. The smallest absolute Gasteiger partial charge is 0.408 e. The third-order valence-corrected chi connectivity index (χ3v) is 6.57. The molecule has 4 amide bonds. The van der Waals surface area contributed by atoms with E-state index in [9.17, 15) is 24.0 Å². The zero-order valence-corrected chi connectivity index (χ0v) is 23.6. The maximum Gasteiger partial charge on any atom is 0.408 e. The van der Waals surface area contributed by atoms with Gasteiger partial charge in [0.2, 0.25) is 5.91 Å². The van der Waals surface area contributed by atoms with Crippen molar-refractivity contribution in [1.82, 2.24) is 15.7 Å². The van der Waals surface area contributed by atoms with Crippen molar-refractivity contribution in [1.29, 1.82) is 0 Å². The van der Waals surface area contributed by atoms with E-state index in [4.69, 9.17) is 19.0 Å². The summed E-state index contributed by atoms with van der Waals surface area (Å²) >= 11 is 0. The molecular formula is C31H31N3O9. The number of carbonyl (C=O) groups is 5. The van der Waals surface area contributed by atoms with Gasteiger partial charge in [-0.05, 0) is 41.0 Å². The molecule has 0 aliphatic carbocycles. The molecule has 0 bridgehead atoms. The van der Waals surface area contributed by atoms with Crippen molar-refractivity contribution in [3.63, 3.8) is 0 Å². The molecule has 0 aromatic heterocycles. The third kappa shape index (κ3) is 8.32. The molecule has 2 N–H and O–H groups in total. The number of hydrogen-bond donors (Lipinski definition) is 2. The first-order valence-corrected chi connectivity index (χ1v) is 13.4. The van der Waals surface area contributed by atoms with Crippen molar-refractivity contribution in [2.75, 3.05) is 14.2 Å². The van der Waals surface area contributed by atoms with Crippen molar-refractivity contribution in [3.8, 4) is 11.5 Å². The number of hydroxylamine groups is 2. The van der Waals surface area contributed by atoms with Gasteiger partial charge in [0.05, 0.1) is 26.7 Å². The minimum Gasteiger partial charge on any atom is -0.497 e. The molecule has 224 valence electrons. The fourth-order valence-corrected chi connectivity index (χ4v) is 4.27. The van der Waals surface area contributed by atoms with Gasteiger partial charge >= 0.3 is 12.1 Å². The molecule has 1 atom stereocenters. The molecule has 1 saturated heterocycles. The Balaban J connectivity index is 1.52. The fraction of sp³-hybridized carbons (Fsp3) is 0.258. The van der Waals surface area contributed by atoms with Crippen LogP contribution < -0.4 is 20.1 Å². The number of imide groups is 1. The van der Waals surface area contributed by atoms with Crippen LogP contribution >= 0.6 is 0 Å². The summed E-state index contributed by atoms with van der Waals surface area (Å²) in [5.74, 6) is -1.98. The van der Waals surface area contributed by atoms with Crippen LogP contribution in [0.5, 0.6) is 11.5 Å². The molecule has 12 nitrogen and oxygen atoms in total. The summed E-state index contributed by atoms with van der Waals surface area (Å²) in [5, 5.41) is 5.56. The Hall–Kier alpha value is -5.39. The molecule has 3 aromatic carbocycles. The SMILES string of the molecule is COc1ccc(C(NC(=O)C[C@H](NC(=O)OCc2ccccc2)C(=O)ON2C(=O)CCC2=O)c2ccc(OC)cc2)cc1. The lowest BCUT2D eigenvalue weighted by Gasteiger charge is -2.23. The van der Waals surface area contributed by atoms with Gasteiger partial charge in [-0.1, -0.05) is 54.6 Å². The predicted octanol–water partition coefficient (Wildman–Crippen LogP) is 3.20. The Morgan fingerprint density at radius 2 is 1.30 bits per heavy atom. The van der Waals surface area contributed by atoms with Gasteiger partial charge in [-0.2, -0.15) is 0 Å². The highest BCUT2D eigenvalue weighted by molar-refractivity contribution is 6.02. The number of nitrogens with one attached hydrogen (secondary N) is 2. The van der Waals surface area contributed by atoms with Gasteiger partial charge < -0.3 is 29.7 Å². The summed E-state index contributed by atoms with van der Waals surface area (Å²) in [6, 6.07) is 20.7. The predicted molar refractivity (Wildman–Crippen MR) is 151 cm³/mol. The number of methoxy groups -OCH3 is 2. The van der Waals surface area contributed by atoms with Gasteiger partial charge in [0.25, 0.3) is 11.8 Å². The molecule has 3 aromatic rings. The van der Waals surface area contributed by atoms with Crippen LogP contribution in [-0.2, 0) is 35.4 Å². The van der Waals surface area contributed by atoms with Gasteiger partial charge in [-0.15, -0.1) is 5.06 Å². The summed E-state index contributed by atoms with van der Waals surface area (Å²) < 4.78 is 15.7. The summed E-state index contributed by atoms with van der Waals surface area (Å²) in [5.41, 5.74) is 2.12. The third-order valence-electron chi connectivity index (χ3n) is 6.57. The van der Waals surface area contributed by atoms with E-state index in [0.29, 0.717) is 33.3 Å². The van der Waals surface area contributed by atoms with Crippen molar-refractivity contribution in [3.05, 3.63) is 95.6 Å². The maximum atomic E-state index is 13.4. The number of nitrogens with zero attached hydrogens (tertiary/aromatic N) is 1. The Morgan fingerprint density at radius 3 is 1.81 bits per heavy atom. The standard InChI is InChI=1S/C31H31N3O9/c1-40-23-12-8-21(9-13-23)29(22-10-14-24(41-2)15-11-22)33-26(35)18-25(30(38)43-34-27(36)16-17-28(34)37)32-31(39)42-19-20-6-4-3-5-7-20/h3-15,25,29H,16-19H2,1-2H3,(H,32,39)(H,33,35)/t25-/m0/s1. The first kappa shape index (κ1) is 30.6. The summed E-state index contributed by atoms with van der Waals surface area (Å²) in [7, 11) is 3.08. The van der Waals surface area contributed by atoms with Crippen molar-refractivity contribution in [2.24, 2.45) is 0 Å². The molecule has 1 fully saturated rings. The monoisotopic (exact) mass is 589 g/mol. The Labute approximate surface area is 247 Å². The number of carbonyl (C=O) groups excluding carboxylic acids is 5. The lowest BCUT2D eigenvalue weighted by atomic mass is 9.98. The van der Waals surface area contributed by atoms with Gasteiger partial charge in [0, 0.05) is 12.8 Å². The van der Waals surface area contributed by atoms with Crippen LogP contribution in [0.4, 0.5) is 4.79 Å². The van der Waals surface area contributed by atoms with Gasteiger partial charge in [-0.3, -0.25) is 14.4 Å². The second-order valence-electron chi connectivity index (χ2n) is 9.50. The topological polar surface area (TPSA) is 150 Å². The molecular weight excluding hydrogens is 558 g/mol. The van der Waals surface area contributed by atoms with E-state index in [1.54, 1.807) is 78.9 Å². The minimum absolute atomic E-state index is 0.0965. The maximum absolute atomic E-state index is 13.4. The lowest BCUT2D eigenvalue weighted by Crippen LogP contribution is -2.48. The minimum atomic E-state index is -1.59. The van der Waals surface area contributed by atoms with Crippen LogP contribution in [-0.4, -0.2) is 55.1 Å². The summed E-state index contributed by atoms with van der Waals surface area (Å²) in [6.45, 7) is -0.0965.